The molecule has 6 nitrogen and oxygen atoms in total. The summed E-state index contributed by atoms with van der Waals surface area (Å²) in [6, 6.07) is 22.7. The summed E-state index contributed by atoms with van der Waals surface area (Å²) in [7, 11) is -2.21. The van der Waals surface area contributed by atoms with E-state index in [9.17, 15) is 13.2 Å². The molecule has 0 bridgehead atoms. The predicted octanol–water partition coefficient (Wildman–Crippen LogP) is 5.33. The van der Waals surface area contributed by atoms with Crippen molar-refractivity contribution in [3.05, 3.63) is 90.0 Å². The number of carbonyl (C=O) groups is 1. The van der Waals surface area contributed by atoms with Crippen LogP contribution in [0.2, 0.25) is 0 Å². The van der Waals surface area contributed by atoms with Crippen molar-refractivity contribution < 1.29 is 17.9 Å². The van der Waals surface area contributed by atoms with Crippen molar-refractivity contribution in [1.29, 1.82) is 0 Å². The Morgan fingerprint density at radius 2 is 1.62 bits per heavy atom. The summed E-state index contributed by atoms with van der Waals surface area (Å²) in [6.07, 6.45) is 0. The molecule has 1 aliphatic rings. The number of carbonyl (C=O) groups excluding carboxylic acids is 1. The van der Waals surface area contributed by atoms with Gasteiger partial charge in [-0.15, -0.1) is 0 Å². The van der Waals surface area contributed by atoms with Crippen LogP contribution in [0.3, 0.4) is 0 Å². The topological polar surface area (TPSA) is 75.7 Å². The van der Waals surface area contributed by atoms with Crippen LogP contribution in [0.25, 0.3) is 10.8 Å². The first-order chi connectivity index (χ1) is 15.3. The highest BCUT2D eigenvalue weighted by molar-refractivity contribution is 7.93. The van der Waals surface area contributed by atoms with E-state index in [0.29, 0.717) is 22.6 Å². The van der Waals surface area contributed by atoms with Gasteiger partial charge in [0, 0.05) is 18.1 Å². The van der Waals surface area contributed by atoms with Gasteiger partial charge >= 0.3 is 0 Å². The number of anilines is 2. The van der Waals surface area contributed by atoms with Crippen molar-refractivity contribution in [3.63, 3.8) is 0 Å². The molecule has 0 atom stereocenters. The minimum absolute atomic E-state index is 0.174. The molecular formula is C25H20N2O4S. The number of nitrogens with one attached hydrogen (secondary N) is 1. The molecule has 7 heteroatoms. The number of ether oxygens (including phenoxy) is 1. The van der Waals surface area contributed by atoms with Crippen molar-refractivity contribution in [2.45, 2.75) is 11.8 Å². The zero-order chi connectivity index (χ0) is 22.5. The summed E-state index contributed by atoms with van der Waals surface area (Å²) < 4.78 is 34.9. The van der Waals surface area contributed by atoms with Crippen LogP contribution in [0.1, 0.15) is 15.9 Å². The number of fused-ring (bicyclic) bond motifs is 3. The number of hydrogen-bond acceptors (Lipinski definition) is 4. The minimum Gasteiger partial charge on any atom is -0.454 e. The minimum atomic E-state index is -3.88. The average molecular weight is 445 g/mol. The summed E-state index contributed by atoms with van der Waals surface area (Å²) >= 11 is 0. The quantitative estimate of drug-likeness (QED) is 0.463. The van der Waals surface area contributed by atoms with E-state index in [0.717, 1.165) is 10.9 Å². The first-order valence-electron chi connectivity index (χ1n) is 10.0. The van der Waals surface area contributed by atoms with E-state index in [1.165, 1.54) is 11.0 Å². The molecule has 0 unspecified atom stereocenters. The van der Waals surface area contributed by atoms with Gasteiger partial charge in [-0.05, 0) is 54.3 Å². The third-order valence-corrected chi connectivity index (χ3v) is 6.94. The van der Waals surface area contributed by atoms with Gasteiger partial charge in [0.15, 0.2) is 5.75 Å². The molecule has 1 N–H and O–H groups in total. The zero-order valence-electron chi connectivity index (χ0n) is 17.5. The summed E-state index contributed by atoms with van der Waals surface area (Å²) in [5.41, 5.74) is 2.22. The number of sulfonamides is 1. The number of benzene rings is 4. The molecule has 1 heterocycles. The Bertz CT molecular complexity index is 1490. The van der Waals surface area contributed by atoms with Crippen LogP contribution in [0.5, 0.6) is 11.5 Å². The molecule has 0 spiro atoms. The van der Waals surface area contributed by atoms with E-state index in [1.54, 1.807) is 43.4 Å². The normalized spacial score (nSPS) is 13.2. The van der Waals surface area contributed by atoms with E-state index >= 15 is 0 Å². The summed E-state index contributed by atoms with van der Waals surface area (Å²) in [5.74, 6) is 0.655. The Hall–Kier alpha value is -3.84. The molecule has 5 rings (SSSR count). The van der Waals surface area contributed by atoms with Gasteiger partial charge in [0.2, 0.25) is 0 Å². The zero-order valence-corrected chi connectivity index (χ0v) is 18.3. The molecule has 0 saturated carbocycles. The van der Waals surface area contributed by atoms with Crippen molar-refractivity contribution in [3.8, 4) is 11.5 Å². The third kappa shape index (κ3) is 3.36. The van der Waals surface area contributed by atoms with Crippen LogP contribution in [0.15, 0.2) is 83.8 Å². The molecule has 1 amide bonds. The van der Waals surface area contributed by atoms with E-state index in [-0.39, 0.29) is 22.1 Å². The number of nitrogens with zero attached hydrogens (tertiary/aromatic N) is 1. The Morgan fingerprint density at radius 3 is 2.47 bits per heavy atom. The Kier molecular flexibility index (Phi) is 4.64. The SMILES string of the molecule is Cc1ccc2c(c1)N(C)C(=O)c1cc(NS(=O)(=O)c3cccc4ccccc34)ccc1O2. The maximum Gasteiger partial charge on any atom is 0.262 e. The van der Waals surface area contributed by atoms with E-state index < -0.39 is 10.0 Å². The monoisotopic (exact) mass is 444 g/mol. The maximum atomic E-state index is 13.2. The summed E-state index contributed by atoms with van der Waals surface area (Å²) in [5, 5.41) is 1.46. The second-order valence-electron chi connectivity index (χ2n) is 7.73. The predicted molar refractivity (Wildman–Crippen MR) is 125 cm³/mol. The van der Waals surface area contributed by atoms with Crippen LogP contribution in [-0.4, -0.2) is 21.4 Å². The number of hydrogen-bond donors (Lipinski definition) is 1. The van der Waals surface area contributed by atoms with Crippen LogP contribution in [-0.2, 0) is 10.0 Å². The van der Waals surface area contributed by atoms with Crippen LogP contribution in [0.4, 0.5) is 11.4 Å². The van der Waals surface area contributed by atoms with Crippen molar-refractivity contribution >= 4 is 38.1 Å². The highest BCUT2D eigenvalue weighted by atomic mass is 32.2. The molecule has 0 aromatic heterocycles. The lowest BCUT2D eigenvalue weighted by molar-refractivity contribution is 0.0993. The lowest BCUT2D eigenvalue weighted by atomic mass is 10.1. The molecule has 4 aromatic rings. The fourth-order valence-electron chi connectivity index (χ4n) is 3.87. The second-order valence-corrected chi connectivity index (χ2v) is 9.38. The lowest BCUT2D eigenvalue weighted by Crippen LogP contribution is -2.25. The Morgan fingerprint density at radius 1 is 0.875 bits per heavy atom. The number of rotatable bonds is 3. The molecule has 0 fully saturated rings. The number of aryl methyl sites for hydroxylation is 1. The smallest absolute Gasteiger partial charge is 0.262 e. The standard InChI is InChI=1S/C25H20N2O4S/c1-16-10-12-23-21(14-16)27(2)25(28)20-15-18(11-13-22(20)31-23)26-32(29,30)24-9-5-7-17-6-3-4-8-19(17)24/h3-15,26H,1-2H3. The fourth-order valence-corrected chi connectivity index (χ4v) is 5.15. The second kappa shape index (κ2) is 7.39. The molecule has 4 aromatic carbocycles. The summed E-state index contributed by atoms with van der Waals surface area (Å²) in [6.45, 7) is 1.94. The van der Waals surface area contributed by atoms with Gasteiger partial charge in [-0.25, -0.2) is 8.42 Å². The van der Waals surface area contributed by atoms with Crippen molar-refractivity contribution in [2.75, 3.05) is 16.7 Å². The van der Waals surface area contributed by atoms with Gasteiger partial charge in [0.1, 0.15) is 5.75 Å². The van der Waals surface area contributed by atoms with Crippen LogP contribution >= 0.6 is 0 Å². The highest BCUT2D eigenvalue weighted by Crippen LogP contribution is 2.39. The summed E-state index contributed by atoms with van der Waals surface area (Å²) in [4.78, 5) is 14.8. The lowest BCUT2D eigenvalue weighted by Gasteiger charge is -2.17. The van der Waals surface area contributed by atoms with Crippen molar-refractivity contribution in [2.24, 2.45) is 0 Å². The van der Waals surface area contributed by atoms with Crippen molar-refractivity contribution in [1.82, 2.24) is 0 Å². The molecule has 0 radical (unpaired) electrons. The van der Waals surface area contributed by atoms with Gasteiger partial charge in [-0.1, -0.05) is 42.5 Å². The first-order valence-corrected chi connectivity index (χ1v) is 11.5. The largest absolute Gasteiger partial charge is 0.454 e. The van der Waals surface area contributed by atoms with Gasteiger partial charge in [0.05, 0.1) is 16.1 Å². The van der Waals surface area contributed by atoms with E-state index in [2.05, 4.69) is 4.72 Å². The van der Waals surface area contributed by atoms with Crippen LogP contribution < -0.4 is 14.4 Å². The van der Waals surface area contributed by atoms with Gasteiger partial charge in [0.25, 0.3) is 15.9 Å². The number of amides is 1. The molecule has 0 aliphatic carbocycles. The molecular weight excluding hydrogens is 424 g/mol. The van der Waals surface area contributed by atoms with Crippen LogP contribution in [0, 0.1) is 6.92 Å². The van der Waals surface area contributed by atoms with E-state index in [4.69, 9.17) is 4.74 Å². The average Bonchev–Trinajstić information content (AvgIpc) is 2.88. The third-order valence-electron chi connectivity index (χ3n) is 5.50. The Labute approximate surface area is 186 Å². The Balaban J connectivity index is 1.54. The van der Waals surface area contributed by atoms with E-state index in [1.807, 2.05) is 43.3 Å². The molecule has 32 heavy (non-hydrogen) atoms. The maximum absolute atomic E-state index is 13.2. The first kappa shape index (κ1) is 20.1. The molecule has 160 valence electrons. The highest BCUT2D eigenvalue weighted by Gasteiger charge is 2.27. The molecule has 0 saturated heterocycles. The fraction of sp³-hybridized carbons (Fsp3) is 0.0800. The van der Waals surface area contributed by atoms with Gasteiger partial charge < -0.3 is 9.64 Å². The van der Waals surface area contributed by atoms with Gasteiger partial charge in [-0.2, -0.15) is 0 Å². The molecule has 1 aliphatic heterocycles. The van der Waals surface area contributed by atoms with Gasteiger partial charge in [-0.3, -0.25) is 9.52 Å².